The average Bonchev–Trinajstić information content (AvgIpc) is 2.95. The highest BCUT2D eigenvalue weighted by molar-refractivity contribution is 6.01. The molecule has 3 atom stereocenters. The van der Waals surface area contributed by atoms with Crippen LogP contribution in [0.4, 0.5) is 4.39 Å². The fourth-order valence-corrected chi connectivity index (χ4v) is 5.35. The minimum Gasteiger partial charge on any atom is -0.293 e. The molecule has 3 unspecified atom stereocenters. The van der Waals surface area contributed by atoms with Crippen molar-refractivity contribution in [2.24, 2.45) is 11.8 Å². The van der Waals surface area contributed by atoms with Gasteiger partial charge in [0, 0.05) is 40.3 Å². The molecular formula is C31H25FN4O. The fourth-order valence-electron chi connectivity index (χ4n) is 5.35. The van der Waals surface area contributed by atoms with Gasteiger partial charge in [-0.1, -0.05) is 62.6 Å². The maximum absolute atomic E-state index is 14.9. The monoisotopic (exact) mass is 488 g/mol. The summed E-state index contributed by atoms with van der Waals surface area (Å²) in [4.78, 5) is 27.0. The number of Topliss-reactive ketones (excluding diaryl/α,β-unsaturated/α-hetero) is 1. The standard InChI is InChI=1S/C31H25FN4O/c1-4-22(26(32)5-2)28-24-13-12-23-18(3)30(37)21(16-33)15-25(23)29(24)36-31(35-28)20-11-14-27(34-17-20)19-9-7-6-8-10-19/h4-11,14-15,17-18,23,25H,1-2,12-13H2,3H3/b26-22-. The van der Waals surface area contributed by atoms with E-state index in [9.17, 15) is 14.4 Å². The van der Waals surface area contributed by atoms with E-state index in [1.54, 1.807) is 12.3 Å². The van der Waals surface area contributed by atoms with Gasteiger partial charge in [0.2, 0.25) is 0 Å². The molecule has 2 heterocycles. The van der Waals surface area contributed by atoms with E-state index in [4.69, 9.17) is 9.97 Å². The van der Waals surface area contributed by atoms with Crippen LogP contribution in [0, 0.1) is 23.2 Å². The lowest BCUT2D eigenvalue weighted by molar-refractivity contribution is -0.120. The summed E-state index contributed by atoms with van der Waals surface area (Å²) in [5.74, 6) is -0.804. The third kappa shape index (κ3) is 4.23. The highest BCUT2D eigenvalue weighted by Gasteiger charge is 2.42. The van der Waals surface area contributed by atoms with Gasteiger partial charge in [0.05, 0.1) is 22.7 Å². The third-order valence-electron chi connectivity index (χ3n) is 7.32. The minimum absolute atomic E-state index is 0.00620. The Bertz CT molecular complexity index is 1510. The number of nitrogens with zero attached hydrogens (tertiary/aromatic N) is 4. The fraction of sp³-hybridized carbons (Fsp3) is 0.194. The van der Waals surface area contributed by atoms with Crippen LogP contribution in [-0.2, 0) is 11.2 Å². The van der Waals surface area contributed by atoms with Crippen LogP contribution < -0.4 is 0 Å². The van der Waals surface area contributed by atoms with Crippen LogP contribution >= 0.6 is 0 Å². The average molecular weight is 489 g/mol. The molecule has 0 N–H and O–H groups in total. The molecular weight excluding hydrogens is 463 g/mol. The Morgan fingerprint density at radius 3 is 2.54 bits per heavy atom. The van der Waals surface area contributed by atoms with Gasteiger partial charge in [-0.15, -0.1) is 0 Å². The SMILES string of the molecule is C=C/C(F)=C(\C=C)c1nc(-c2ccc(-c3ccccc3)nc2)nc2c1CCC1C(C)C(=O)C(C#N)=CC21. The van der Waals surface area contributed by atoms with Gasteiger partial charge in [0.15, 0.2) is 11.6 Å². The second-order valence-corrected chi connectivity index (χ2v) is 9.30. The molecule has 0 fully saturated rings. The number of ketones is 1. The lowest BCUT2D eigenvalue weighted by atomic mass is 9.66. The number of carbonyl (C=O) groups is 1. The van der Waals surface area contributed by atoms with Gasteiger partial charge < -0.3 is 0 Å². The van der Waals surface area contributed by atoms with Crippen LogP contribution in [0.15, 0.2) is 91.4 Å². The summed E-state index contributed by atoms with van der Waals surface area (Å²) in [6, 6.07) is 15.7. The number of hydrogen-bond donors (Lipinski definition) is 0. The van der Waals surface area contributed by atoms with E-state index < -0.39 is 5.83 Å². The van der Waals surface area contributed by atoms with Gasteiger partial charge in [0.25, 0.3) is 0 Å². The van der Waals surface area contributed by atoms with E-state index in [1.165, 1.54) is 6.08 Å². The largest absolute Gasteiger partial charge is 0.293 e. The molecule has 0 saturated heterocycles. The number of rotatable bonds is 5. The maximum Gasteiger partial charge on any atom is 0.176 e. The quantitative estimate of drug-likeness (QED) is 0.379. The van der Waals surface area contributed by atoms with E-state index in [0.717, 1.165) is 22.9 Å². The second kappa shape index (κ2) is 9.87. The number of carbonyl (C=O) groups excluding carboxylic acids is 1. The van der Waals surface area contributed by atoms with Crippen LogP contribution in [0.1, 0.15) is 36.2 Å². The van der Waals surface area contributed by atoms with Crippen molar-refractivity contribution in [1.82, 2.24) is 15.0 Å². The summed E-state index contributed by atoms with van der Waals surface area (Å²) in [6.07, 6.45) is 7.32. The summed E-state index contributed by atoms with van der Waals surface area (Å²) in [5.41, 5.74) is 4.84. The number of pyridine rings is 1. The molecule has 6 heteroatoms. The molecule has 1 aromatic carbocycles. The predicted molar refractivity (Wildman–Crippen MR) is 142 cm³/mol. The topological polar surface area (TPSA) is 79.5 Å². The number of benzene rings is 1. The maximum atomic E-state index is 14.9. The lowest BCUT2D eigenvalue weighted by Gasteiger charge is -2.38. The Morgan fingerprint density at radius 2 is 1.89 bits per heavy atom. The Hall–Kier alpha value is -4.50. The zero-order valence-corrected chi connectivity index (χ0v) is 20.5. The van der Waals surface area contributed by atoms with E-state index >= 15 is 0 Å². The first-order chi connectivity index (χ1) is 18.0. The first-order valence-electron chi connectivity index (χ1n) is 12.2. The number of allylic oxidation sites excluding steroid dienone is 6. The zero-order valence-electron chi connectivity index (χ0n) is 20.5. The molecule has 5 nitrogen and oxygen atoms in total. The molecule has 182 valence electrons. The van der Waals surface area contributed by atoms with Crippen molar-refractivity contribution in [2.75, 3.05) is 0 Å². The number of aromatic nitrogens is 3. The van der Waals surface area contributed by atoms with Crippen molar-refractivity contribution >= 4 is 11.4 Å². The van der Waals surface area contributed by atoms with Crippen LogP contribution in [0.3, 0.4) is 0 Å². The zero-order chi connectivity index (χ0) is 26.1. The molecule has 0 aliphatic heterocycles. The molecule has 0 amide bonds. The van der Waals surface area contributed by atoms with Crippen LogP contribution in [0.2, 0.25) is 0 Å². The van der Waals surface area contributed by atoms with Crippen molar-refractivity contribution < 1.29 is 9.18 Å². The first-order valence-corrected chi connectivity index (χ1v) is 12.2. The van der Waals surface area contributed by atoms with E-state index in [-0.39, 0.29) is 34.7 Å². The molecule has 2 aromatic heterocycles. The van der Waals surface area contributed by atoms with Gasteiger partial charge in [-0.2, -0.15) is 5.26 Å². The van der Waals surface area contributed by atoms with E-state index in [0.29, 0.717) is 35.6 Å². The van der Waals surface area contributed by atoms with Crippen molar-refractivity contribution in [3.63, 3.8) is 0 Å². The van der Waals surface area contributed by atoms with Gasteiger partial charge in [-0.3, -0.25) is 9.78 Å². The third-order valence-corrected chi connectivity index (χ3v) is 7.32. The lowest BCUT2D eigenvalue weighted by Crippen LogP contribution is -2.35. The van der Waals surface area contributed by atoms with Gasteiger partial charge in [0.1, 0.15) is 11.9 Å². The molecule has 3 aromatic rings. The Labute approximate surface area is 215 Å². The van der Waals surface area contributed by atoms with E-state index in [2.05, 4.69) is 24.2 Å². The summed E-state index contributed by atoms with van der Waals surface area (Å²) in [7, 11) is 0. The Kier molecular flexibility index (Phi) is 6.45. The molecule has 0 bridgehead atoms. The van der Waals surface area contributed by atoms with Crippen LogP contribution in [0.5, 0.6) is 0 Å². The Morgan fingerprint density at radius 1 is 1.11 bits per heavy atom. The highest BCUT2D eigenvalue weighted by atomic mass is 19.1. The van der Waals surface area contributed by atoms with Gasteiger partial charge >= 0.3 is 0 Å². The highest BCUT2D eigenvalue weighted by Crippen LogP contribution is 2.46. The van der Waals surface area contributed by atoms with E-state index in [1.807, 2.05) is 49.4 Å². The van der Waals surface area contributed by atoms with Crippen molar-refractivity contribution in [2.45, 2.75) is 25.7 Å². The number of halogens is 1. The smallest absolute Gasteiger partial charge is 0.176 e. The Balaban J connectivity index is 1.71. The summed E-state index contributed by atoms with van der Waals surface area (Å²) >= 11 is 0. The number of hydrogen-bond acceptors (Lipinski definition) is 5. The minimum atomic E-state index is -0.526. The van der Waals surface area contributed by atoms with Gasteiger partial charge in [-0.25, -0.2) is 14.4 Å². The molecule has 0 spiro atoms. The van der Waals surface area contributed by atoms with Crippen LogP contribution in [0.25, 0.3) is 28.2 Å². The summed E-state index contributed by atoms with van der Waals surface area (Å²) in [5, 5.41) is 9.59. The molecule has 2 aliphatic rings. The normalized spacial score (nSPS) is 21.1. The van der Waals surface area contributed by atoms with Crippen molar-refractivity contribution in [3.8, 4) is 28.7 Å². The summed E-state index contributed by atoms with van der Waals surface area (Å²) < 4.78 is 14.9. The van der Waals surface area contributed by atoms with Crippen molar-refractivity contribution in [3.05, 3.63) is 108 Å². The molecule has 37 heavy (non-hydrogen) atoms. The molecule has 5 rings (SSSR count). The molecule has 0 saturated carbocycles. The number of nitriles is 1. The first kappa shape index (κ1) is 24.2. The van der Waals surface area contributed by atoms with Crippen LogP contribution in [-0.4, -0.2) is 20.7 Å². The molecule has 0 radical (unpaired) electrons. The second-order valence-electron chi connectivity index (χ2n) is 9.30. The number of fused-ring (bicyclic) bond motifs is 3. The predicted octanol–water partition coefficient (Wildman–Crippen LogP) is 6.57. The molecule has 2 aliphatic carbocycles. The summed E-state index contributed by atoms with van der Waals surface area (Å²) in [6.45, 7) is 9.26. The van der Waals surface area contributed by atoms with Gasteiger partial charge in [-0.05, 0) is 37.0 Å². The van der Waals surface area contributed by atoms with Crippen molar-refractivity contribution in [1.29, 1.82) is 5.26 Å².